The molecule has 1 aliphatic heterocycles. The van der Waals surface area contributed by atoms with Gasteiger partial charge in [-0.2, -0.15) is 0 Å². The van der Waals surface area contributed by atoms with Crippen LogP contribution < -0.4 is 0 Å². The van der Waals surface area contributed by atoms with Crippen LogP contribution in [-0.2, 0) is 0 Å². The fourth-order valence-electron chi connectivity index (χ4n) is 1.01. The zero-order chi connectivity index (χ0) is 7.61. The maximum Gasteiger partial charge on any atom is 0.118 e. The summed E-state index contributed by atoms with van der Waals surface area (Å²) in [5.74, 6) is 0. The summed E-state index contributed by atoms with van der Waals surface area (Å²) in [5.41, 5.74) is 0. The molecule has 0 amide bonds. The lowest BCUT2D eigenvalue weighted by Gasteiger charge is -2.32. The van der Waals surface area contributed by atoms with Gasteiger partial charge in [0.2, 0.25) is 0 Å². The molecule has 0 atom stereocenters. The topological polar surface area (TPSA) is 23.5 Å². The molecular formula is C6H12INOS. The molecule has 0 spiro atoms. The summed E-state index contributed by atoms with van der Waals surface area (Å²) in [6.07, 6.45) is 3.88. The SMILES string of the molecule is CSN1CCC(O)(I)CC1. The quantitative estimate of drug-likeness (QED) is 0.445. The Hall–Kier alpha value is 1.00. The van der Waals surface area contributed by atoms with E-state index in [4.69, 9.17) is 0 Å². The Morgan fingerprint density at radius 1 is 1.50 bits per heavy atom. The summed E-state index contributed by atoms with van der Waals surface area (Å²) in [6, 6.07) is 0. The van der Waals surface area contributed by atoms with Crippen LogP contribution in [0.3, 0.4) is 0 Å². The van der Waals surface area contributed by atoms with Gasteiger partial charge >= 0.3 is 0 Å². The minimum absolute atomic E-state index is 0.427. The first-order chi connectivity index (χ1) is 4.64. The van der Waals surface area contributed by atoms with Gasteiger partial charge in [-0.15, -0.1) is 0 Å². The van der Waals surface area contributed by atoms with Gasteiger partial charge in [0.05, 0.1) is 0 Å². The summed E-state index contributed by atoms with van der Waals surface area (Å²) in [7, 11) is 0. The molecule has 60 valence electrons. The second-order valence-corrected chi connectivity index (χ2v) is 5.42. The van der Waals surface area contributed by atoms with Crippen molar-refractivity contribution in [3.05, 3.63) is 0 Å². The Balaban J connectivity index is 2.31. The number of halogens is 1. The standard InChI is InChI=1S/C6H12INOS/c1-10-8-4-2-6(7,9)3-5-8/h9H,2-5H2,1H3. The van der Waals surface area contributed by atoms with Crippen LogP contribution in [0.15, 0.2) is 0 Å². The van der Waals surface area contributed by atoms with E-state index < -0.39 is 3.61 Å². The number of piperidine rings is 1. The number of hydrogen-bond acceptors (Lipinski definition) is 3. The molecule has 2 nitrogen and oxygen atoms in total. The van der Waals surface area contributed by atoms with Gasteiger partial charge < -0.3 is 5.11 Å². The normalized spacial score (nSPS) is 26.7. The van der Waals surface area contributed by atoms with E-state index in [2.05, 4.69) is 33.2 Å². The van der Waals surface area contributed by atoms with Crippen molar-refractivity contribution in [1.29, 1.82) is 0 Å². The molecule has 1 saturated heterocycles. The van der Waals surface area contributed by atoms with E-state index in [1.165, 1.54) is 0 Å². The number of rotatable bonds is 1. The zero-order valence-electron chi connectivity index (χ0n) is 6.01. The first-order valence-electron chi connectivity index (χ1n) is 3.34. The fourth-order valence-corrected chi connectivity index (χ4v) is 2.04. The highest BCUT2D eigenvalue weighted by molar-refractivity contribution is 14.1. The first-order valence-corrected chi connectivity index (χ1v) is 5.60. The van der Waals surface area contributed by atoms with E-state index in [9.17, 15) is 5.11 Å². The van der Waals surface area contributed by atoms with Crippen LogP contribution in [0, 0.1) is 0 Å². The second kappa shape index (κ2) is 3.60. The van der Waals surface area contributed by atoms with E-state index in [1.54, 1.807) is 11.9 Å². The van der Waals surface area contributed by atoms with E-state index in [1.807, 2.05) is 0 Å². The van der Waals surface area contributed by atoms with E-state index >= 15 is 0 Å². The average Bonchev–Trinajstić information content (AvgIpc) is 1.88. The highest BCUT2D eigenvalue weighted by Crippen LogP contribution is 2.30. The molecule has 0 aromatic heterocycles. The van der Waals surface area contributed by atoms with E-state index in [-0.39, 0.29) is 0 Å². The average molecular weight is 273 g/mol. The Kier molecular flexibility index (Phi) is 3.27. The molecule has 0 aliphatic carbocycles. The maximum atomic E-state index is 9.54. The van der Waals surface area contributed by atoms with Gasteiger partial charge in [-0.25, -0.2) is 0 Å². The van der Waals surface area contributed by atoms with Crippen molar-refractivity contribution < 1.29 is 5.11 Å². The summed E-state index contributed by atoms with van der Waals surface area (Å²) in [5, 5.41) is 9.54. The number of nitrogens with zero attached hydrogens (tertiary/aromatic N) is 1. The number of alkyl halides is 1. The third-order valence-electron chi connectivity index (χ3n) is 1.75. The molecule has 10 heavy (non-hydrogen) atoms. The van der Waals surface area contributed by atoms with Crippen molar-refractivity contribution in [1.82, 2.24) is 4.31 Å². The largest absolute Gasteiger partial charge is 0.380 e. The van der Waals surface area contributed by atoms with Gasteiger partial charge in [0, 0.05) is 13.1 Å². The summed E-state index contributed by atoms with van der Waals surface area (Å²) < 4.78 is 1.86. The summed E-state index contributed by atoms with van der Waals surface area (Å²) in [4.78, 5) is 0. The van der Waals surface area contributed by atoms with Crippen molar-refractivity contribution in [3.63, 3.8) is 0 Å². The van der Waals surface area contributed by atoms with Crippen molar-refractivity contribution >= 4 is 34.5 Å². The van der Waals surface area contributed by atoms with Crippen LogP contribution in [0.1, 0.15) is 12.8 Å². The van der Waals surface area contributed by atoms with Crippen molar-refractivity contribution in [2.24, 2.45) is 0 Å². The highest BCUT2D eigenvalue weighted by Gasteiger charge is 2.28. The van der Waals surface area contributed by atoms with Gasteiger partial charge in [0.15, 0.2) is 0 Å². The smallest absolute Gasteiger partial charge is 0.118 e. The summed E-state index contributed by atoms with van der Waals surface area (Å²) >= 11 is 3.90. The first kappa shape index (κ1) is 9.09. The summed E-state index contributed by atoms with van der Waals surface area (Å²) in [6.45, 7) is 2.03. The molecule has 0 unspecified atom stereocenters. The minimum Gasteiger partial charge on any atom is -0.380 e. The highest BCUT2D eigenvalue weighted by atomic mass is 127. The molecule has 0 aromatic carbocycles. The molecule has 0 saturated carbocycles. The predicted octanol–water partition coefficient (Wildman–Crippen LogP) is 1.48. The van der Waals surface area contributed by atoms with Crippen molar-refractivity contribution in [2.75, 3.05) is 19.3 Å². The molecule has 0 aromatic rings. The molecule has 0 radical (unpaired) electrons. The second-order valence-electron chi connectivity index (χ2n) is 2.53. The Labute approximate surface area is 79.6 Å². The Bertz CT molecular complexity index is 110. The number of aliphatic hydroxyl groups is 1. The Morgan fingerprint density at radius 3 is 2.40 bits per heavy atom. The number of hydrogen-bond donors (Lipinski definition) is 1. The molecule has 1 rings (SSSR count). The maximum absolute atomic E-state index is 9.54. The third-order valence-corrected chi connectivity index (χ3v) is 3.71. The lowest BCUT2D eigenvalue weighted by Crippen LogP contribution is -2.36. The van der Waals surface area contributed by atoms with Crippen LogP contribution in [0.4, 0.5) is 0 Å². The van der Waals surface area contributed by atoms with Crippen LogP contribution in [0.5, 0.6) is 0 Å². The third kappa shape index (κ3) is 2.56. The van der Waals surface area contributed by atoms with Gasteiger partial charge in [0.1, 0.15) is 3.61 Å². The molecule has 1 heterocycles. The van der Waals surface area contributed by atoms with Crippen LogP contribution in [-0.4, -0.2) is 32.4 Å². The van der Waals surface area contributed by atoms with Crippen LogP contribution in [0.25, 0.3) is 0 Å². The predicted molar refractivity (Wildman–Crippen MR) is 53.3 cm³/mol. The monoisotopic (exact) mass is 273 g/mol. The minimum atomic E-state index is -0.427. The Morgan fingerprint density at radius 2 is 2.00 bits per heavy atom. The molecule has 0 bridgehead atoms. The van der Waals surface area contributed by atoms with Gasteiger partial charge in [0.25, 0.3) is 0 Å². The van der Waals surface area contributed by atoms with E-state index in [0.29, 0.717) is 0 Å². The molecule has 1 fully saturated rings. The lowest BCUT2D eigenvalue weighted by molar-refractivity contribution is 0.0996. The van der Waals surface area contributed by atoms with Gasteiger partial charge in [-0.1, -0.05) is 11.9 Å². The van der Waals surface area contributed by atoms with Crippen molar-refractivity contribution in [3.8, 4) is 0 Å². The zero-order valence-corrected chi connectivity index (χ0v) is 8.98. The van der Waals surface area contributed by atoms with Crippen LogP contribution in [0.2, 0.25) is 0 Å². The lowest BCUT2D eigenvalue weighted by atomic mass is 10.1. The van der Waals surface area contributed by atoms with E-state index in [0.717, 1.165) is 25.9 Å². The van der Waals surface area contributed by atoms with Crippen molar-refractivity contribution in [2.45, 2.75) is 16.4 Å². The molecule has 1 aliphatic rings. The molecular weight excluding hydrogens is 261 g/mol. The molecule has 4 heteroatoms. The fraction of sp³-hybridized carbons (Fsp3) is 1.00. The van der Waals surface area contributed by atoms with Gasteiger partial charge in [-0.05, 0) is 41.7 Å². The molecule has 1 N–H and O–H groups in total. The van der Waals surface area contributed by atoms with Crippen LogP contribution >= 0.6 is 34.5 Å². The van der Waals surface area contributed by atoms with Gasteiger partial charge in [-0.3, -0.25) is 4.31 Å².